The monoisotopic (exact) mass is 201 g/mol. The van der Waals surface area contributed by atoms with Gasteiger partial charge in [-0.15, -0.1) is 0 Å². The number of amides is 1. The zero-order chi connectivity index (χ0) is 11.0. The number of hydrogen-bond donors (Lipinski definition) is 3. The van der Waals surface area contributed by atoms with Crippen molar-refractivity contribution in [2.45, 2.75) is 25.8 Å². The second-order valence-electron chi connectivity index (χ2n) is 2.72. The lowest BCUT2D eigenvalue weighted by atomic mass is 10.2. The Labute approximate surface area is 82.4 Å². The number of aliphatic hydroxyl groups excluding tert-OH is 1. The van der Waals surface area contributed by atoms with Gasteiger partial charge in [-0.25, -0.2) is 4.79 Å². The first-order valence-electron chi connectivity index (χ1n) is 4.42. The van der Waals surface area contributed by atoms with Gasteiger partial charge in [0.1, 0.15) is 6.04 Å². The van der Waals surface area contributed by atoms with Gasteiger partial charge in [0.15, 0.2) is 0 Å². The first-order chi connectivity index (χ1) is 6.61. The van der Waals surface area contributed by atoms with Crippen LogP contribution in [0, 0.1) is 0 Å². The third kappa shape index (κ3) is 5.31. The van der Waals surface area contributed by atoms with Crippen molar-refractivity contribution in [3.63, 3.8) is 0 Å². The molecule has 0 aliphatic carbocycles. The third-order valence-electron chi connectivity index (χ3n) is 1.54. The first kappa shape index (κ1) is 12.6. The molecular weight excluding hydrogens is 186 g/mol. The summed E-state index contributed by atoms with van der Waals surface area (Å²) in [5.74, 6) is -1.59. The molecule has 0 heterocycles. The number of carboxylic acids is 1. The van der Waals surface area contributed by atoms with Crippen molar-refractivity contribution in [3.05, 3.63) is 12.2 Å². The van der Waals surface area contributed by atoms with Gasteiger partial charge in [-0.2, -0.15) is 0 Å². The van der Waals surface area contributed by atoms with Crippen molar-refractivity contribution in [1.82, 2.24) is 5.32 Å². The third-order valence-corrected chi connectivity index (χ3v) is 1.54. The van der Waals surface area contributed by atoms with E-state index in [1.54, 1.807) is 6.08 Å². The van der Waals surface area contributed by atoms with E-state index in [0.29, 0.717) is 6.42 Å². The molecule has 0 rings (SSSR count). The van der Waals surface area contributed by atoms with Crippen LogP contribution < -0.4 is 5.32 Å². The molecule has 0 bridgehead atoms. The summed E-state index contributed by atoms with van der Waals surface area (Å²) in [6.07, 6.45) is 3.65. The summed E-state index contributed by atoms with van der Waals surface area (Å²) >= 11 is 0. The van der Waals surface area contributed by atoms with Crippen LogP contribution in [0.2, 0.25) is 0 Å². The molecule has 0 fully saturated rings. The Balaban J connectivity index is 4.09. The Hall–Kier alpha value is -1.36. The van der Waals surface area contributed by atoms with Gasteiger partial charge in [0.2, 0.25) is 5.91 Å². The predicted molar refractivity (Wildman–Crippen MR) is 50.7 cm³/mol. The van der Waals surface area contributed by atoms with Gasteiger partial charge in [0.25, 0.3) is 0 Å². The fourth-order valence-electron chi connectivity index (χ4n) is 0.831. The summed E-state index contributed by atoms with van der Waals surface area (Å²) in [5, 5.41) is 19.4. The van der Waals surface area contributed by atoms with E-state index in [9.17, 15) is 9.59 Å². The van der Waals surface area contributed by atoms with Gasteiger partial charge in [0.05, 0.1) is 0 Å². The molecule has 0 spiro atoms. The molecule has 0 saturated heterocycles. The fourth-order valence-corrected chi connectivity index (χ4v) is 0.831. The van der Waals surface area contributed by atoms with E-state index in [1.165, 1.54) is 6.08 Å². The van der Waals surface area contributed by atoms with E-state index in [4.69, 9.17) is 10.2 Å². The van der Waals surface area contributed by atoms with Crippen LogP contribution in [0.25, 0.3) is 0 Å². The minimum Gasteiger partial charge on any atom is -0.480 e. The lowest BCUT2D eigenvalue weighted by Crippen LogP contribution is -2.40. The number of rotatable bonds is 6. The maximum absolute atomic E-state index is 11.0. The summed E-state index contributed by atoms with van der Waals surface area (Å²) in [5.41, 5.74) is 0. The highest BCUT2D eigenvalue weighted by atomic mass is 16.4. The van der Waals surface area contributed by atoms with Crippen LogP contribution in [0.4, 0.5) is 0 Å². The Morgan fingerprint density at radius 2 is 2.14 bits per heavy atom. The van der Waals surface area contributed by atoms with Gasteiger partial charge < -0.3 is 15.5 Å². The molecule has 0 aromatic rings. The molecule has 0 aromatic heterocycles. The number of carboxylic acid groups (broad SMARTS) is 1. The van der Waals surface area contributed by atoms with Gasteiger partial charge in [-0.1, -0.05) is 13.0 Å². The summed E-state index contributed by atoms with van der Waals surface area (Å²) in [6, 6.07) is -1.02. The maximum Gasteiger partial charge on any atom is 0.326 e. The maximum atomic E-state index is 11.0. The molecule has 1 amide bonds. The first-order valence-corrected chi connectivity index (χ1v) is 4.42. The van der Waals surface area contributed by atoms with Crippen molar-refractivity contribution < 1.29 is 19.8 Å². The molecule has 14 heavy (non-hydrogen) atoms. The van der Waals surface area contributed by atoms with Crippen molar-refractivity contribution in [2.24, 2.45) is 0 Å². The van der Waals surface area contributed by atoms with Crippen molar-refractivity contribution in [3.8, 4) is 0 Å². The number of carbonyl (C=O) groups is 2. The largest absolute Gasteiger partial charge is 0.480 e. The van der Waals surface area contributed by atoms with Crippen molar-refractivity contribution >= 4 is 11.9 Å². The lowest BCUT2D eigenvalue weighted by Gasteiger charge is -2.10. The summed E-state index contributed by atoms with van der Waals surface area (Å²) in [7, 11) is 0. The van der Waals surface area contributed by atoms with Crippen LogP contribution in [-0.4, -0.2) is 34.7 Å². The minimum atomic E-state index is -1.14. The summed E-state index contributed by atoms with van der Waals surface area (Å²) < 4.78 is 0. The number of nitrogens with one attached hydrogen (secondary N) is 1. The van der Waals surface area contributed by atoms with Crippen LogP contribution in [0.15, 0.2) is 12.2 Å². The predicted octanol–water partition coefficient (Wildman–Crippen LogP) is -0.0956. The molecule has 80 valence electrons. The van der Waals surface area contributed by atoms with E-state index in [2.05, 4.69) is 5.32 Å². The molecule has 0 aliphatic heterocycles. The smallest absolute Gasteiger partial charge is 0.326 e. The Morgan fingerprint density at radius 3 is 2.57 bits per heavy atom. The Morgan fingerprint density at radius 1 is 1.50 bits per heavy atom. The molecule has 1 atom stereocenters. The molecule has 5 nitrogen and oxygen atoms in total. The van der Waals surface area contributed by atoms with Gasteiger partial charge >= 0.3 is 5.97 Å². The van der Waals surface area contributed by atoms with Crippen LogP contribution in [0.1, 0.15) is 19.8 Å². The Kier molecular flexibility index (Phi) is 6.39. The number of allylic oxidation sites excluding steroid dienone is 1. The Bertz CT molecular complexity index is 225. The topological polar surface area (TPSA) is 86.6 Å². The molecule has 0 radical (unpaired) electrons. The van der Waals surface area contributed by atoms with Crippen LogP contribution >= 0.6 is 0 Å². The van der Waals surface area contributed by atoms with E-state index in [-0.39, 0.29) is 13.0 Å². The quantitative estimate of drug-likeness (QED) is 0.524. The minimum absolute atomic E-state index is 0.0149. The van der Waals surface area contributed by atoms with Gasteiger partial charge in [-0.3, -0.25) is 4.79 Å². The van der Waals surface area contributed by atoms with Crippen LogP contribution in [0.3, 0.4) is 0 Å². The zero-order valence-electron chi connectivity index (χ0n) is 8.06. The SMILES string of the molecule is CCC=CC(=O)N[C@@H](CCO)C(=O)O. The zero-order valence-corrected chi connectivity index (χ0v) is 8.06. The van der Waals surface area contributed by atoms with Crippen molar-refractivity contribution in [2.75, 3.05) is 6.61 Å². The highest BCUT2D eigenvalue weighted by Crippen LogP contribution is 1.92. The van der Waals surface area contributed by atoms with E-state index in [1.807, 2.05) is 6.92 Å². The highest BCUT2D eigenvalue weighted by Gasteiger charge is 2.17. The highest BCUT2D eigenvalue weighted by molar-refractivity contribution is 5.91. The molecule has 0 aliphatic rings. The van der Waals surface area contributed by atoms with Crippen LogP contribution in [-0.2, 0) is 9.59 Å². The van der Waals surface area contributed by atoms with E-state index >= 15 is 0 Å². The normalized spacial score (nSPS) is 12.7. The van der Waals surface area contributed by atoms with E-state index in [0.717, 1.165) is 0 Å². The molecule has 5 heteroatoms. The molecule has 0 aromatic carbocycles. The average Bonchev–Trinajstić information content (AvgIpc) is 2.14. The number of aliphatic carboxylic acids is 1. The van der Waals surface area contributed by atoms with Gasteiger partial charge in [0, 0.05) is 13.0 Å². The molecule has 0 saturated carbocycles. The second kappa shape index (κ2) is 7.08. The van der Waals surface area contributed by atoms with Crippen molar-refractivity contribution in [1.29, 1.82) is 0 Å². The van der Waals surface area contributed by atoms with Crippen LogP contribution in [0.5, 0.6) is 0 Å². The number of carbonyl (C=O) groups excluding carboxylic acids is 1. The summed E-state index contributed by atoms with van der Waals surface area (Å²) in [4.78, 5) is 21.6. The fraction of sp³-hybridized carbons (Fsp3) is 0.556. The summed E-state index contributed by atoms with van der Waals surface area (Å²) in [6.45, 7) is 1.60. The van der Waals surface area contributed by atoms with Gasteiger partial charge in [-0.05, 0) is 12.5 Å². The molecule has 3 N–H and O–H groups in total. The second-order valence-corrected chi connectivity index (χ2v) is 2.72. The number of hydrogen-bond acceptors (Lipinski definition) is 3. The lowest BCUT2D eigenvalue weighted by molar-refractivity contribution is -0.141. The standard InChI is InChI=1S/C9H15NO4/c1-2-3-4-8(12)10-7(5-6-11)9(13)14/h3-4,7,11H,2,5-6H2,1H3,(H,10,12)(H,13,14)/t7-/m0/s1. The van der Waals surface area contributed by atoms with E-state index < -0.39 is 17.9 Å². The molecule has 0 unspecified atom stereocenters. The number of aliphatic hydroxyl groups is 1. The average molecular weight is 201 g/mol. The molecular formula is C9H15NO4.